The average molecular weight is 300 g/mol. The summed E-state index contributed by atoms with van der Waals surface area (Å²) in [7, 11) is 0. The minimum atomic E-state index is -0.432. The fourth-order valence-corrected chi connectivity index (χ4v) is 7.38. The fraction of sp³-hybridized carbons (Fsp3) is 0.905. The van der Waals surface area contributed by atoms with E-state index in [1.807, 2.05) is 0 Å². The highest BCUT2D eigenvalue weighted by Gasteiger charge is 2.59. The highest BCUT2D eigenvalue weighted by molar-refractivity contribution is 5.11. The van der Waals surface area contributed by atoms with Crippen LogP contribution in [0.5, 0.6) is 0 Å². The van der Waals surface area contributed by atoms with Gasteiger partial charge in [-0.1, -0.05) is 26.2 Å². The van der Waals surface area contributed by atoms with Gasteiger partial charge in [0.1, 0.15) is 0 Å². The van der Waals surface area contributed by atoms with Crippen LogP contribution >= 0.6 is 0 Å². The van der Waals surface area contributed by atoms with E-state index in [2.05, 4.69) is 12.8 Å². The summed E-state index contributed by atoms with van der Waals surface area (Å²) in [4.78, 5) is 0. The fourth-order valence-electron chi connectivity index (χ4n) is 7.38. The van der Waals surface area contributed by atoms with Crippen molar-refractivity contribution >= 4 is 0 Å². The van der Waals surface area contributed by atoms with Gasteiger partial charge in [0.15, 0.2) is 0 Å². The van der Waals surface area contributed by atoms with Gasteiger partial charge in [0, 0.05) is 6.42 Å². The Kier molecular flexibility index (Phi) is 3.61. The predicted octanol–water partition coefficient (Wildman–Crippen LogP) is 4.78. The number of fused-ring (bicyclic) bond motifs is 5. The summed E-state index contributed by atoms with van der Waals surface area (Å²) in [5.74, 6) is 6.37. The summed E-state index contributed by atoms with van der Waals surface area (Å²) < 4.78 is 0. The molecule has 0 saturated heterocycles. The third-order valence-corrected chi connectivity index (χ3v) is 8.40. The van der Waals surface area contributed by atoms with Crippen LogP contribution in [0.1, 0.15) is 77.6 Å². The van der Waals surface area contributed by atoms with E-state index in [4.69, 9.17) is 6.42 Å². The Labute approximate surface area is 136 Å². The van der Waals surface area contributed by atoms with E-state index in [-0.39, 0.29) is 0 Å². The van der Waals surface area contributed by atoms with Gasteiger partial charge in [-0.05, 0) is 80.0 Å². The highest BCUT2D eigenvalue weighted by Crippen LogP contribution is 2.64. The molecule has 22 heavy (non-hydrogen) atoms. The van der Waals surface area contributed by atoms with Crippen molar-refractivity contribution in [2.45, 2.75) is 83.2 Å². The van der Waals surface area contributed by atoms with Crippen molar-refractivity contribution < 1.29 is 5.11 Å². The molecule has 0 aromatic carbocycles. The van der Waals surface area contributed by atoms with Crippen molar-refractivity contribution in [3.63, 3.8) is 0 Å². The van der Waals surface area contributed by atoms with Crippen molar-refractivity contribution in [1.29, 1.82) is 0 Å². The molecular weight excluding hydrogens is 268 g/mol. The van der Waals surface area contributed by atoms with Gasteiger partial charge in [-0.25, -0.2) is 0 Å². The van der Waals surface area contributed by atoms with Gasteiger partial charge >= 0.3 is 0 Å². The quantitative estimate of drug-likeness (QED) is 0.691. The normalized spacial score (nSPS) is 54.0. The first kappa shape index (κ1) is 15.1. The van der Waals surface area contributed by atoms with Crippen LogP contribution in [0.25, 0.3) is 0 Å². The van der Waals surface area contributed by atoms with E-state index >= 15 is 0 Å². The minimum absolute atomic E-state index is 0.368. The third kappa shape index (κ3) is 2.02. The molecule has 1 nitrogen and oxygen atoms in total. The second kappa shape index (κ2) is 5.27. The minimum Gasteiger partial charge on any atom is -0.389 e. The molecule has 0 spiro atoms. The summed E-state index contributed by atoms with van der Waals surface area (Å²) in [5, 5.41) is 11.5. The molecule has 4 fully saturated rings. The second-order valence-corrected chi connectivity index (χ2v) is 9.20. The average Bonchev–Trinajstić information content (AvgIpc) is 2.90. The highest BCUT2D eigenvalue weighted by atomic mass is 16.3. The molecule has 7 atom stereocenters. The van der Waals surface area contributed by atoms with Gasteiger partial charge in [-0.15, -0.1) is 12.3 Å². The first-order valence-electron chi connectivity index (χ1n) is 9.74. The summed E-state index contributed by atoms with van der Waals surface area (Å²) in [6.07, 6.45) is 19.5. The van der Waals surface area contributed by atoms with Crippen molar-refractivity contribution in [3.05, 3.63) is 0 Å². The van der Waals surface area contributed by atoms with Crippen LogP contribution in [0, 0.1) is 47.3 Å². The lowest BCUT2D eigenvalue weighted by Gasteiger charge is -2.60. The monoisotopic (exact) mass is 300 g/mol. The topological polar surface area (TPSA) is 20.2 Å². The largest absolute Gasteiger partial charge is 0.389 e. The van der Waals surface area contributed by atoms with E-state index in [1.54, 1.807) is 0 Å². The lowest BCUT2D eigenvalue weighted by atomic mass is 9.47. The zero-order chi connectivity index (χ0) is 15.4. The van der Waals surface area contributed by atoms with Crippen LogP contribution in [0.15, 0.2) is 0 Å². The van der Waals surface area contributed by atoms with Crippen molar-refractivity contribution in [3.8, 4) is 12.3 Å². The third-order valence-electron chi connectivity index (χ3n) is 8.40. The second-order valence-electron chi connectivity index (χ2n) is 9.20. The SMILES string of the molecule is C#CC[C@@H]1C[C@@H]2[C@H](CC[C@]3(C)CCC[C@@H]23)[C@H]2CCCC[C@]12O. The van der Waals surface area contributed by atoms with Gasteiger partial charge in [0.05, 0.1) is 5.60 Å². The number of aliphatic hydroxyl groups is 1. The number of hydrogen-bond donors (Lipinski definition) is 1. The van der Waals surface area contributed by atoms with E-state index in [0.29, 0.717) is 17.3 Å². The molecule has 0 aromatic heterocycles. The van der Waals surface area contributed by atoms with Crippen molar-refractivity contribution in [1.82, 2.24) is 0 Å². The molecule has 4 rings (SSSR count). The van der Waals surface area contributed by atoms with Gasteiger partial charge in [-0.2, -0.15) is 0 Å². The Morgan fingerprint density at radius 3 is 2.64 bits per heavy atom. The first-order chi connectivity index (χ1) is 10.6. The Morgan fingerprint density at radius 2 is 1.82 bits per heavy atom. The molecule has 0 bridgehead atoms. The Balaban J connectivity index is 1.67. The molecule has 0 amide bonds. The maximum Gasteiger partial charge on any atom is 0.0715 e. The van der Waals surface area contributed by atoms with Crippen molar-refractivity contribution in [2.75, 3.05) is 0 Å². The van der Waals surface area contributed by atoms with Gasteiger partial charge in [0.25, 0.3) is 0 Å². The van der Waals surface area contributed by atoms with E-state index in [1.165, 1.54) is 57.8 Å². The van der Waals surface area contributed by atoms with E-state index in [0.717, 1.165) is 30.6 Å². The zero-order valence-electron chi connectivity index (χ0n) is 14.2. The van der Waals surface area contributed by atoms with Crippen LogP contribution in [-0.2, 0) is 0 Å². The predicted molar refractivity (Wildman–Crippen MR) is 90.1 cm³/mol. The number of terminal acetylenes is 1. The van der Waals surface area contributed by atoms with Crippen LogP contribution < -0.4 is 0 Å². The van der Waals surface area contributed by atoms with Crippen LogP contribution in [-0.4, -0.2) is 10.7 Å². The van der Waals surface area contributed by atoms with Crippen LogP contribution in [0.3, 0.4) is 0 Å². The maximum atomic E-state index is 11.5. The molecule has 0 heterocycles. The smallest absolute Gasteiger partial charge is 0.0715 e. The molecule has 4 saturated carbocycles. The molecule has 1 N–H and O–H groups in total. The van der Waals surface area contributed by atoms with E-state index in [9.17, 15) is 5.11 Å². The summed E-state index contributed by atoms with van der Waals surface area (Å²) in [6, 6.07) is 0. The molecule has 0 unspecified atom stereocenters. The number of hydrogen-bond acceptors (Lipinski definition) is 1. The van der Waals surface area contributed by atoms with Crippen LogP contribution in [0.4, 0.5) is 0 Å². The molecule has 122 valence electrons. The summed E-state index contributed by atoms with van der Waals surface area (Å²) >= 11 is 0. The molecule has 1 heteroatoms. The molecule has 4 aliphatic rings. The van der Waals surface area contributed by atoms with Gasteiger partial charge in [-0.3, -0.25) is 0 Å². The summed E-state index contributed by atoms with van der Waals surface area (Å²) in [5.41, 5.74) is 0.171. The summed E-state index contributed by atoms with van der Waals surface area (Å²) in [6.45, 7) is 2.55. The Bertz CT molecular complexity index is 477. The molecule has 0 aliphatic heterocycles. The van der Waals surface area contributed by atoms with E-state index < -0.39 is 5.60 Å². The Morgan fingerprint density at radius 1 is 1.00 bits per heavy atom. The Hall–Kier alpha value is -0.480. The molecule has 0 aromatic rings. The van der Waals surface area contributed by atoms with Crippen molar-refractivity contribution in [2.24, 2.45) is 35.0 Å². The maximum absolute atomic E-state index is 11.5. The molecular formula is C21H32O. The van der Waals surface area contributed by atoms with Gasteiger partial charge < -0.3 is 5.11 Å². The van der Waals surface area contributed by atoms with Gasteiger partial charge in [0.2, 0.25) is 0 Å². The lowest BCUT2D eigenvalue weighted by Crippen LogP contribution is -2.59. The standard InChI is InChI=1S/C21H32O/c1-3-7-15-14-17-16(19-8-4-5-12-21(15,19)22)10-13-20(2)11-6-9-18(17)20/h1,15-19,22H,4-14H2,2H3/t15-,16+,17-,18+,19-,20+,21+/m1/s1. The zero-order valence-corrected chi connectivity index (χ0v) is 14.2. The molecule has 4 aliphatic carbocycles. The lowest BCUT2D eigenvalue weighted by molar-refractivity contribution is -0.181. The first-order valence-corrected chi connectivity index (χ1v) is 9.74. The number of rotatable bonds is 1. The van der Waals surface area contributed by atoms with Crippen LogP contribution in [0.2, 0.25) is 0 Å². The molecule has 0 radical (unpaired) electrons.